The average Bonchev–Trinajstić information content (AvgIpc) is 3.10. The highest BCUT2D eigenvalue weighted by molar-refractivity contribution is 6.04. The third-order valence-electron chi connectivity index (χ3n) is 5.65. The second-order valence-corrected chi connectivity index (χ2v) is 7.83. The van der Waals surface area contributed by atoms with E-state index in [0.29, 0.717) is 24.6 Å². The van der Waals surface area contributed by atoms with Crippen LogP contribution in [0.1, 0.15) is 77.5 Å². The molecule has 2 aromatic rings. The van der Waals surface area contributed by atoms with E-state index in [1.807, 2.05) is 41.5 Å². The van der Waals surface area contributed by atoms with Gasteiger partial charge < -0.3 is 14.8 Å². The molecule has 1 aliphatic rings. The van der Waals surface area contributed by atoms with E-state index in [2.05, 4.69) is 24.1 Å². The molecule has 0 spiro atoms. The van der Waals surface area contributed by atoms with Gasteiger partial charge in [-0.1, -0.05) is 26.0 Å². The van der Waals surface area contributed by atoms with Crippen molar-refractivity contribution >= 4 is 17.5 Å². The van der Waals surface area contributed by atoms with Crippen LogP contribution in [0.4, 0.5) is 5.69 Å². The molecule has 0 bridgehead atoms. The first-order valence-electron chi connectivity index (χ1n) is 10.7. The number of rotatable bonds is 7. The summed E-state index contributed by atoms with van der Waals surface area (Å²) < 4.78 is 1.95. The van der Waals surface area contributed by atoms with Gasteiger partial charge in [-0.15, -0.1) is 0 Å². The molecule has 0 atom stereocenters. The molecule has 2 amide bonds. The zero-order valence-electron chi connectivity index (χ0n) is 18.0. The van der Waals surface area contributed by atoms with E-state index in [-0.39, 0.29) is 11.8 Å². The van der Waals surface area contributed by atoms with Gasteiger partial charge in [0.05, 0.1) is 5.69 Å². The number of carbonyl (C=O) groups excluding carboxylic acids is 2. The fraction of sp³-hybridized carbons (Fsp3) is 0.522. The standard InChI is InChI=1S/C23H32N4O2/c1-5-13-26(14-6-2)23(29)20-19-12-7-8-15-27(19)21(25-20)22(28)24-18-11-9-10-16(3)17(18)4/h9-11H,5-8,12-15H2,1-4H3,(H,24,28). The molecular weight excluding hydrogens is 364 g/mol. The molecule has 6 heteroatoms. The number of imidazole rings is 1. The first-order chi connectivity index (χ1) is 14.0. The summed E-state index contributed by atoms with van der Waals surface area (Å²) in [7, 11) is 0. The zero-order valence-corrected chi connectivity index (χ0v) is 18.0. The minimum absolute atomic E-state index is 0.0508. The summed E-state index contributed by atoms with van der Waals surface area (Å²) in [5, 5.41) is 3.00. The van der Waals surface area contributed by atoms with Gasteiger partial charge in [-0.05, 0) is 63.1 Å². The van der Waals surface area contributed by atoms with Crippen molar-refractivity contribution in [3.05, 3.63) is 46.5 Å². The molecule has 0 radical (unpaired) electrons. The fourth-order valence-electron chi connectivity index (χ4n) is 3.96. The summed E-state index contributed by atoms with van der Waals surface area (Å²) in [6.07, 6.45) is 4.61. The molecule has 29 heavy (non-hydrogen) atoms. The number of amides is 2. The first-order valence-corrected chi connectivity index (χ1v) is 10.7. The van der Waals surface area contributed by atoms with Gasteiger partial charge in [0.15, 0.2) is 5.82 Å². The Bertz CT molecular complexity index is 895. The summed E-state index contributed by atoms with van der Waals surface area (Å²) in [4.78, 5) is 32.7. The predicted molar refractivity (Wildman–Crippen MR) is 116 cm³/mol. The second-order valence-electron chi connectivity index (χ2n) is 7.83. The Kier molecular flexibility index (Phi) is 6.72. The Labute approximate surface area is 173 Å². The SMILES string of the molecule is CCCN(CCC)C(=O)c1nc(C(=O)Nc2cccc(C)c2C)n2c1CCCC2. The van der Waals surface area contributed by atoms with Crippen LogP contribution in [0.5, 0.6) is 0 Å². The van der Waals surface area contributed by atoms with Crippen LogP contribution < -0.4 is 5.32 Å². The maximum absolute atomic E-state index is 13.2. The number of nitrogens with one attached hydrogen (secondary N) is 1. The van der Waals surface area contributed by atoms with E-state index >= 15 is 0 Å². The molecule has 0 aliphatic carbocycles. The van der Waals surface area contributed by atoms with E-state index in [4.69, 9.17) is 0 Å². The predicted octanol–water partition coefficient (Wildman–Crippen LogP) is 4.35. The van der Waals surface area contributed by atoms with Crippen LogP contribution in [0.2, 0.25) is 0 Å². The Morgan fingerprint density at radius 3 is 2.55 bits per heavy atom. The minimum atomic E-state index is -0.251. The van der Waals surface area contributed by atoms with Gasteiger partial charge in [-0.2, -0.15) is 0 Å². The molecule has 1 aromatic heterocycles. The van der Waals surface area contributed by atoms with Gasteiger partial charge in [-0.3, -0.25) is 9.59 Å². The van der Waals surface area contributed by atoms with Crippen LogP contribution >= 0.6 is 0 Å². The van der Waals surface area contributed by atoms with Crippen LogP contribution in [0.25, 0.3) is 0 Å². The topological polar surface area (TPSA) is 67.2 Å². The number of anilines is 1. The molecule has 3 rings (SSSR count). The monoisotopic (exact) mass is 396 g/mol. The molecule has 0 fully saturated rings. The lowest BCUT2D eigenvalue weighted by Crippen LogP contribution is -2.33. The number of carbonyl (C=O) groups is 2. The number of aryl methyl sites for hydroxylation is 1. The number of fused-ring (bicyclic) bond motifs is 1. The van der Waals surface area contributed by atoms with Gasteiger partial charge in [0.2, 0.25) is 0 Å². The molecule has 1 N–H and O–H groups in total. The van der Waals surface area contributed by atoms with Crippen molar-refractivity contribution in [2.24, 2.45) is 0 Å². The molecule has 2 heterocycles. The highest BCUT2D eigenvalue weighted by atomic mass is 16.2. The van der Waals surface area contributed by atoms with Crippen molar-refractivity contribution in [2.75, 3.05) is 18.4 Å². The Morgan fingerprint density at radius 1 is 1.14 bits per heavy atom. The van der Waals surface area contributed by atoms with Crippen LogP contribution in [-0.2, 0) is 13.0 Å². The van der Waals surface area contributed by atoms with Gasteiger partial charge in [0.1, 0.15) is 5.69 Å². The third kappa shape index (κ3) is 4.36. The largest absolute Gasteiger partial charge is 0.337 e. The van der Waals surface area contributed by atoms with Crippen molar-refractivity contribution < 1.29 is 9.59 Å². The first kappa shape index (κ1) is 21.1. The lowest BCUT2D eigenvalue weighted by molar-refractivity contribution is 0.0748. The number of benzene rings is 1. The van der Waals surface area contributed by atoms with Crippen molar-refractivity contribution in [1.29, 1.82) is 0 Å². The van der Waals surface area contributed by atoms with Gasteiger partial charge in [-0.25, -0.2) is 4.98 Å². The summed E-state index contributed by atoms with van der Waals surface area (Å²) in [6, 6.07) is 5.85. The van der Waals surface area contributed by atoms with E-state index in [1.54, 1.807) is 0 Å². The second kappa shape index (κ2) is 9.25. The van der Waals surface area contributed by atoms with Crippen LogP contribution in [0.15, 0.2) is 18.2 Å². The van der Waals surface area contributed by atoms with Gasteiger partial charge in [0, 0.05) is 25.3 Å². The van der Waals surface area contributed by atoms with E-state index in [9.17, 15) is 9.59 Å². The Hall–Kier alpha value is -2.63. The summed E-state index contributed by atoms with van der Waals surface area (Å²) in [6.45, 7) is 10.3. The number of hydrogen-bond acceptors (Lipinski definition) is 3. The van der Waals surface area contributed by atoms with Crippen molar-refractivity contribution in [3.8, 4) is 0 Å². The Morgan fingerprint density at radius 2 is 1.86 bits per heavy atom. The van der Waals surface area contributed by atoms with Crippen LogP contribution in [0.3, 0.4) is 0 Å². The molecular formula is C23H32N4O2. The van der Waals surface area contributed by atoms with E-state index in [0.717, 1.165) is 61.2 Å². The van der Waals surface area contributed by atoms with E-state index in [1.165, 1.54) is 0 Å². The maximum Gasteiger partial charge on any atom is 0.291 e. The van der Waals surface area contributed by atoms with Crippen molar-refractivity contribution in [2.45, 2.75) is 66.3 Å². The quantitative estimate of drug-likeness (QED) is 0.756. The highest BCUT2D eigenvalue weighted by Gasteiger charge is 2.29. The molecule has 0 unspecified atom stereocenters. The smallest absolute Gasteiger partial charge is 0.291 e. The fourth-order valence-corrected chi connectivity index (χ4v) is 3.96. The highest BCUT2D eigenvalue weighted by Crippen LogP contribution is 2.24. The van der Waals surface area contributed by atoms with Crippen LogP contribution in [0, 0.1) is 13.8 Å². The number of hydrogen-bond donors (Lipinski definition) is 1. The zero-order chi connectivity index (χ0) is 21.0. The Balaban J connectivity index is 1.94. The molecule has 156 valence electrons. The number of nitrogens with zero attached hydrogens (tertiary/aromatic N) is 3. The summed E-state index contributed by atoms with van der Waals surface area (Å²) >= 11 is 0. The molecule has 1 aliphatic heterocycles. The molecule has 0 saturated heterocycles. The summed E-state index contributed by atoms with van der Waals surface area (Å²) in [5.41, 5.74) is 4.31. The maximum atomic E-state index is 13.2. The van der Waals surface area contributed by atoms with Crippen molar-refractivity contribution in [1.82, 2.24) is 14.5 Å². The third-order valence-corrected chi connectivity index (χ3v) is 5.65. The van der Waals surface area contributed by atoms with E-state index < -0.39 is 0 Å². The normalized spacial score (nSPS) is 13.1. The number of aromatic nitrogens is 2. The summed E-state index contributed by atoms with van der Waals surface area (Å²) in [5.74, 6) is 0.0421. The average molecular weight is 397 g/mol. The van der Waals surface area contributed by atoms with Gasteiger partial charge >= 0.3 is 0 Å². The lowest BCUT2D eigenvalue weighted by atomic mass is 10.1. The molecule has 6 nitrogen and oxygen atoms in total. The molecule has 0 saturated carbocycles. The van der Waals surface area contributed by atoms with Crippen molar-refractivity contribution in [3.63, 3.8) is 0 Å². The lowest BCUT2D eigenvalue weighted by Gasteiger charge is -2.22. The minimum Gasteiger partial charge on any atom is -0.337 e. The van der Waals surface area contributed by atoms with Crippen LogP contribution in [-0.4, -0.2) is 39.4 Å². The molecule has 1 aromatic carbocycles. The van der Waals surface area contributed by atoms with Gasteiger partial charge in [0.25, 0.3) is 11.8 Å².